The van der Waals surface area contributed by atoms with Gasteiger partial charge in [-0.05, 0) is 41.0 Å². The summed E-state index contributed by atoms with van der Waals surface area (Å²) in [5.74, 6) is 0.684. The summed E-state index contributed by atoms with van der Waals surface area (Å²) in [6, 6.07) is 60.9. The summed E-state index contributed by atoms with van der Waals surface area (Å²) in [6.07, 6.45) is 0. The average molecular weight is 678 g/mol. The Kier molecular flexibility index (Phi) is 7.47. The van der Waals surface area contributed by atoms with E-state index in [1.54, 1.807) is 0 Å². The lowest BCUT2D eigenvalue weighted by Crippen LogP contribution is -2.25. The van der Waals surface area contributed by atoms with Crippen LogP contribution in [0.15, 0.2) is 186 Å². The molecule has 0 saturated carbocycles. The molecule has 1 aliphatic heterocycles. The maximum Gasteiger partial charge on any atom is 0.160 e. The zero-order valence-electron chi connectivity index (χ0n) is 28.7. The largest absolute Gasteiger partial charge is 0.259 e. The van der Waals surface area contributed by atoms with Crippen LogP contribution < -0.4 is 10.7 Å². The van der Waals surface area contributed by atoms with Gasteiger partial charge in [-0.2, -0.15) is 0 Å². The van der Waals surface area contributed by atoms with E-state index in [1.807, 2.05) is 36.4 Å². The van der Waals surface area contributed by atoms with E-state index in [-0.39, 0.29) is 0 Å². The first-order chi connectivity index (χ1) is 26.3. The Balaban J connectivity index is 1.11. The summed E-state index contributed by atoms with van der Waals surface area (Å²) >= 11 is 0. The predicted molar refractivity (Wildman–Crippen MR) is 215 cm³/mol. The number of fused-ring (bicyclic) bond motifs is 5. The van der Waals surface area contributed by atoms with E-state index in [0.717, 1.165) is 94.0 Å². The van der Waals surface area contributed by atoms with E-state index in [0.29, 0.717) is 12.5 Å². The monoisotopic (exact) mass is 677 g/mol. The second kappa shape index (κ2) is 12.9. The van der Waals surface area contributed by atoms with E-state index in [9.17, 15) is 0 Å². The lowest BCUT2D eigenvalue weighted by Gasteiger charge is -2.13. The molecule has 248 valence electrons. The average Bonchev–Trinajstić information content (AvgIpc) is 3.74. The van der Waals surface area contributed by atoms with Crippen molar-refractivity contribution < 1.29 is 0 Å². The predicted octanol–water partition coefficient (Wildman–Crippen LogP) is 10.4. The fourth-order valence-corrected chi connectivity index (χ4v) is 7.38. The first kappa shape index (κ1) is 30.7. The second-order valence-corrected chi connectivity index (χ2v) is 13.2. The van der Waals surface area contributed by atoms with Gasteiger partial charge < -0.3 is 0 Å². The van der Waals surface area contributed by atoms with E-state index in [1.165, 1.54) is 0 Å². The van der Waals surface area contributed by atoms with Crippen molar-refractivity contribution >= 4 is 21.7 Å². The SMILES string of the molecule is c1ccc(-c2cccc(-c3nc(-c4ccccc4)cc(-c4ccc(-c5cc6c(-c7ccccc7)nc7ccccc7c6c6c5=NCN=6)cc4)n3)c2)cc1. The molecule has 5 heteroatoms. The molecule has 1 aliphatic rings. The van der Waals surface area contributed by atoms with Crippen LogP contribution in [0.5, 0.6) is 0 Å². The van der Waals surface area contributed by atoms with Gasteiger partial charge in [0.25, 0.3) is 0 Å². The molecule has 0 amide bonds. The standard InChI is InChI=1S/C48H31N5/c1-4-13-31(14-5-1)36-19-12-20-37(27-36)48-52-42(33-15-6-2-7-16-33)29-43(53-48)34-25-23-32(24-26-34)39-28-40-44(47-46(39)49-30-50-47)38-21-10-11-22-41(38)51-45(40)35-17-8-3-9-18-35/h1-29H,30H2. The van der Waals surface area contributed by atoms with E-state index in [2.05, 4.69) is 140 Å². The minimum Gasteiger partial charge on any atom is -0.259 e. The first-order valence-electron chi connectivity index (χ1n) is 17.8. The fraction of sp³-hybridized carbons (Fsp3) is 0.0208. The number of hydrogen-bond donors (Lipinski definition) is 0. The van der Waals surface area contributed by atoms with Crippen LogP contribution in [0.25, 0.3) is 89.1 Å². The van der Waals surface area contributed by atoms with Gasteiger partial charge in [0.15, 0.2) is 5.82 Å². The second-order valence-electron chi connectivity index (χ2n) is 13.2. The van der Waals surface area contributed by atoms with Crippen molar-refractivity contribution in [1.29, 1.82) is 0 Å². The summed E-state index contributed by atoms with van der Waals surface area (Å²) in [5.41, 5.74) is 12.1. The minimum absolute atomic E-state index is 0.411. The third-order valence-corrected chi connectivity index (χ3v) is 9.96. The van der Waals surface area contributed by atoms with Gasteiger partial charge in [0.2, 0.25) is 0 Å². The Morgan fingerprint density at radius 3 is 1.66 bits per heavy atom. The molecule has 0 atom stereocenters. The van der Waals surface area contributed by atoms with Crippen LogP contribution in [0.3, 0.4) is 0 Å². The maximum absolute atomic E-state index is 5.19. The molecule has 0 saturated heterocycles. The molecule has 5 nitrogen and oxygen atoms in total. The molecule has 3 heterocycles. The summed E-state index contributed by atoms with van der Waals surface area (Å²) in [6.45, 7) is 0.411. The summed E-state index contributed by atoms with van der Waals surface area (Å²) in [7, 11) is 0. The van der Waals surface area contributed by atoms with Gasteiger partial charge in [-0.3, -0.25) is 9.98 Å². The lowest BCUT2D eigenvalue weighted by molar-refractivity contribution is 1.06. The third kappa shape index (κ3) is 5.56. The molecule has 9 aromatic rings. The quantitative estimate of drug-likeness (QED) is 0.165. The Hall–Kier alpha value is -7.11. The normalized spacial score (nSPS) is 12.0. The Morgan fingerprint density at radius 1 is 0.358 bits per heavy atom. The first-order valence-corrected chi connectivity index (χ1v) is 17.8. The highest BCUT2D eigenvalue weighted by molar-refractivity contribution is 6.11. The van der Waals surface area contributed by atoms with Crippen LogP contribution in [0, 0.1) is 0 Å². The number of aromatic nitrogens is 3. The van der Waals surface area contributed by atoms with Crippen molar-refractivity contribution in [2.75, 3.05) is 6.67 Å². The van der Waals surface area contributed by atoms with Crippen molar-refractivity contribution in [3.05, 3.63) is 187 Å². The van der Waals surface area contributed by atoms with Gasteiger partial charge in [0.1, 0.15) is 6.67 Å². The molecule has 0 N–H and O–H groups in total. The molecular formula is C48H31N5. The third-order valence-electron chi connectivity index (χ3n) is 9.96. The van der Waals surface area contributed by atoms with Crippen molar-refractivity contribution in [3.8, 4) is 67.4 Å². The summed E-state index contributed by atoms with van der Waals surface area (Å²) in [4.78, 5) is 25.3. The Morgan fingerprint density at radius 2 is 0.925 bits per heavy atom. The molecule has 0 aliphatic carbocycles. The van der Waals surface area contributed by atoms with E-state index in [4.69, 9.17) is 24.9 Å². The van der Waals surface area contributed by atoms with Crippen molar-refractivity contribution in [2.24, 2.45) is 9.98 Å². The highest BCUT2D eigenvalue weighted by atomic mass is 15.0. The maximum atomic E-state index is 5.19. The van der Waals surface area contributed by atoms with Crippen molar-refractivity contribution in [3.63, 3.8) is 0 Å². The lowest BCUT2D eigenvalue weighted by atomic mass is 9.94. The fourth-order valence-electron chi connectivity index (χ4n) is 7.38. The van der Waals surface area contributed by atoms with Crippen molar-refractivity contribution in [1.82, 2.24) is 15.0 Å². The van der Waals surface area contributed by atoms with Gasteiger partial charge in [0, 0.05) is 44.0 Å². The molecule has 0 spiro atoms. The van der Waals surface area contributed by atoms with Crippen LogP contribution in [-0.2, 0) is 0 Å². The summed E-state index contributed by atoms with van der Waals surface area (Å²) in [5, 5.41) is 5.12. The Bertz CT molecular complexity index is 2940. The van der Waals surface area contributed by atoms with Gasteiger partial charge in [-0.1, -0.05) is 152 Å². The smallest absolute Gasteiger partial charge is 0.160 e. The topological polar surface area (TPSA) is 63.4 Å². The van der Waals surface area contributed by atoms with Crippen LogP contribution in [0.2, 0.25) is 0 Å². The van der Waals surface area contributed by atoms with Crippen LogP contribution in [0.4, 0.5) is 0 Å². The molecule has 0 unspecified atom stereocenters. The highest BCUT2D eigenvalue weighted by Gasteiger charge is 2.18. The molecule has 10 rings (SSSR count). The van der Waals surface area contributed by atoms with Gasteiger partial charge >= 0.3 is 0 Å². The minimum atomic E-state index is 0.411. The Labute approximate surface area is 306 Å². The van der Waals surface area contributed by atoms with Gasteiger partial charge in [-0.15, -0.1) is 0 Å². The molecule has 0 fully saturated rings. The zero-order chi connectivity index (χ0) is 35.1. The van der Waals surface area contributed by atoms with Crippen molar-refractivity contribution in [2.45, 2.75) is 0 Å². The summed E-state index contributed by atoms with van der Waals surface area (Å²) < 4.78 is 0. The van der Waals surface area contributed by atoms with E-state index >= 15 is 0 Å². The van der Waals surface area contributed by atoms with Crippen LogP contribution in [0.1, 0.15) is 0 Å². The van der Waals surface area contributed by atoms with Gasteiger partial charge in [-0.25, -0.2) is 15.0 Å². The zero-order valence-corrected chi connectivity index (χ0v) is 28.7. The van der Waals surface area contributed by atoms with Crippen LogP contribution >= 0.6 is 0 Å². The number of benzene rings is 7. The molecule has 2 aromatic heterocycles. The molecule has 0 radical (unpaired) electrons. The number of para-hydroxylation sites is 1. The number of nitrogens with zero attached hydrogens (tertiary/aromatic N) is 5. The highest BCUT2D eigenvalue weighted by Crippen LogP contribution is 2.34. The molecule has 7 aromatic carbocycles. The molecular weight excluding hydrogens is 647 g/mol. The van der Waals surface area contributed by atoms with Gasteiger partial charge in [0.05, 0.1) is 33.3 Å². The molecule has 0 bridgehead atoms. The number of hydrogen-bond acceptors (Lipinski definition) is 5. The van der Waals surface area contributed by atoms with Crippen LogP contribution in [-0.4, -0.2) is 21.6 Å². The van der Waals surface area contributed by atoms with E-state index < -0.39 is 0 Å². The number of pyridine rings is 1. The molecule has 53 heavy (non-hydrogen) atoms. The number of rotatable bonds is 6.